The quantitative estimate of drug-likeness (QED) is 0.801. The monoisotopic (exact) mass is 340 g/mol. The molecule has 1 unspecified atom stereocenters. The number of ether oxygens (including phenoxy) is 1. The Morgan fingerprint density at radius 2 is 2.45 bits per heavy atom. The summed E-state index contributed by atoms with van der Waals surface area (Å²) in [5.41, 5.74) is 0.254. The van der Waals surface area contributed by atoms with Crippen molar-refractivity contribution in [2.75, 3.05) is 20.2 Å². The van der Waals surface area contributed by atoms with Crippen LogP contribution >= 0.6 is 22.9 Å². The van der Waals surface area contributed by atoms with Gasteiger partial charge in [0.05, 0.1) is 24.4 Å². The van der Waals surface area contributed by atoms with Gasteiger partial charge in [-0.2, -0.15) is 0 Å². The molecule has 2 aromatic heterocycles. The molecule has 0 aliphatic carbocycles. The largest absolute Gasteiger partial charge is 0.464 e. The second-order valence-corrected chi connectivity index (χ2v) is 6.77. The molecule has 0 bridgehead atoms. The van der Waals surface area contributed by atoms with E-state index in [1.54, 1.807) is 22.2 Å². The minimum Gasteiger partial charge on any atom is -0.464 e. The summed E-state index contributed by atoms with van der Waals surface area (Å²) >= 11 is 7.66. The standard InChI is InChI=1S/C14H17ClN4O2S/c1-21-14(20)13-8-19(17-16-13)11-3-2-4-18(6-11)7-12-5-10(15)9-22-12/h5,8-9,11H,2-4,6-7H2,1H3. The topological polar surface area (TPSA) is 60.2 Å². The molecule has 8 heteroatoms. The number of carbonyl (C=O) groups excluding carboxylic acids is 1. The SMILES string of the molecule is COC(=O)c1cn(C2CCCN(Cc3cc(Cl)cs3)C2)nn1. The van der Waals surface area contributed by atoms with Gasteiger partial charge in [0.1, 0.15) is 0 Å². The molecule has 1 atom stereocenters. The van der Waals surface area contributed by atoms with Gasteiger partial charge in [0, 0.05) is 23.3 Å². The fourth-order valence-corrected chi connectivity index (χ4v) is 3.82. The number of aromatic nitrogens is 3. The lowest BCUT2D eigenvalue weighted by molar-refractivity contribution is 0.0594. The van der Waals surface area contributed by atoms with E-state index in [0.29, 0.717) is 0 Å². The number of likely N-dealkylation sites (tertiary alicyclic amines) is 1. The lowest BCUT2D eigenvalue weighted by atomic mass is 10.1. The molecule has 3 heterocycles. The fourth-order valence-electron chi connectivity index (χ4n) is 2.70. The Kier molecular flexibility index (Phi) is 4.75. The van der Waals surface area contributed by atoms with Crippen molar-refractivity contribution in [3.8, 4) is 0 Å². The van der Waals surface area contributed by atoms with Gasteiger partial charge < -0.3 is 4.74 Å². The van der Waals surface area contributed by atoms with E-state index in [9.17, 15) is 4.79 Å². The van der Waals surface area contributed by atoms with Gasteiger partial charge in [-0.1, -0.05) is 16.8 Å². The maximum Gasteiger partial charge on any atom is 0.360 e. The summed E-state index contributed by atoms with van der Waals surface area (Å²) < 4.78 is 6.44. The molecule has 22 heavy (non-hydrogen) atoms. The van der Waals surface area contributed by atoms with Gasteiger partial charge in [-0.05, 0) is 25.5 Å². The van der Waals surface area contributed by atoms with Crippen molar-refractivity contribution in [2.24, 2.45) is 0 Å². The molecule has 0 amide bonds. The second kappa shape index (κ2) is 6.76. The third-order valence-corrected chi connectivity index (χ3v) is 5.03. The average molecular weight is 341 g/mol. The molecule has 6 nitrogen and oxygen atoms in total. The van der Waals surface area contributed by atoms with Crippen molar-refractivity contribution in [3.63, 3.8) is 0 Å². The molecule has 0 saturated carbocycles. The third kappa shape index (κ3) is 3.48. The number of methoxy groups -OCH3 is 1. The Bertz CT molecular complexity index is 657. The van der Waals surface area contributed by atoms with Gasteiger partial charge >= 0.3 is 5.97 Å². The van der Waals surface area contributed by atoms with Gasteiger partial charge in [0.15, 0.2) is 5.69 Å². The van der Waals surface area contributed by atoms with Crippen LogP contribution in [0.5, 0.6) is 0 Å². The molecule has 118 valence electrons. The van der Waals surface area contributed by atoms with Gasteiger partial charge in [-0.25, -0.2) is 9.48 Å². The summed E-state index contributed by atoms with van der Waals surface area (Å²) in [7, 11) is 1.34. The van der Waals surface area contributed by atoms with E-state index < -0.39 is 5.97 Å². The van der Waals surface area contributed by atoms with Crippen molar-refractivity contribution in [2.45, 2.75) is 25.4 Å². The Balaban J connectivity index is 1.65. The molecule has 3 rings (SSSR count). The molecular weight excluding hydrogens is 324 g/mol. The van der Waals surface area contributed by atoms with E-state index >= 15 is 0 Å². The number of esters is 1. The number of thiophene rings is 1. The summed E-state index contributed by atoms with van der Waals surface area (Å²) in [5, 5.41) is 10.7. The smallest absolute Gasteiger partial charge is 0.360 e. The van der Waals surface area contributed by atoms with Crippen LogP contribution in [0.25, 0.3) is 0 Å². The average Bonchev–Trinajstić information content (AvgIpc) is 3.16. The van der Waals surface area contributed by atoms with Crippen molar-refractivity contribution < 1.29 is 9.53 Å². The maximum absolute atomic E-state index is 11.5. The Labute approximate surface area is 137 Å². The normalized spacial score (nSPS) is 19.3. The van der Waals surface area contributed by atoms with Crippen molar-refractivity contribution in [3.05, 3.63) is 33.2 Å². The molecule has 0 spiro atoms. The lowest BCUT2D eigenvalue weighted by Crippen LogP contribution is -2.36. The predicted octanol–water partition coefficient (Wildman–Crippen LogP) is 2.62. The molecule has 0 radical (unpaired) electrons. The Hall–Kier alpha value is -1.44. The summed E-state index contributed by atoms with van der Waals surface area (Å²) in [6.45, 7) is 2.84. The first-order chi connectivity index (χ1) is 10.7. The van der Waals surface area contributed by atoms with Crippen LogP contribution in [0.1, 0.15) is 34.2 Å². The van der Waals surface area contributed by atoms with Crippen molar-refractivity contribution in [1.29, 1.82) is 0 Å². The molecule has 0 N–H and O–H groups in total. The van der Waals surface area contributed by atoms with Gasteiger partial charge in [-0.15, -0.1) is 16.4 Å². The zero-order chi connectivity index (χ0) is 15.5. The number of nitrogens with zero attached hydrogens (tertiary/aromatic N) is 4. The lowest BCUT2D eigenvalue weighted by Gasteiger charge is -2.32. The first-order valence-electron chi connectivity index (χ1n) is 7.11. The van der Waals surface area contributed by atoms with E-state index in [1.807, 2.05) is 11.4 Å². The zero-order valence-electron chi connectivity index (χ0n) is 12.2. The van der Waals surface area contributed by atoms with Gasteiger partial charge in [0.25, 0.3) is 0 Å². The Morgan fingerprint density at radius 1 is 1.59 bits per heavy atom. The first-order valence-corrected chi connectivity index (χ1v) is 8.37. The fraction of sp³-hybridized carbons (Fsp3) is 0.500. The molecule has 1 aliphatic heterocycles. The first kappa shape index (κ1) is 15.5. The second-order valence-electron chi connectivity index (χ2n) is 5.34. The van der Waals surface area contributed by atoms with Crippen LogP contribution in [0.4, 0.5) is 0 Å². The maximum atomic E-state index is 11.5. The van der Waals surface area contributed by atoms with E-state index in [-0.39, 0.29) is 11.7 Å². The molecule has 2 aromatic rings. The highest BCUT2D eigenvalue weighted by Crippen LogP contribution is 2.25. The van der Waals surface area contributed by atoms with Crippen LogP contribution in [-0.2, 0) is 11.3 Å². The molecule has 1 fully saturated rings. The number of halogens is 1. The summed E-state index contributed by atoms with van der Waals surface area (Å²) in [6, 6.07) is 2.25. The van der Waals surface area contributed by atoms with E-state index in [4.69, 9.17) is 11.6 Å². The van der Waals surface area contributed by atoms with Crippen LogP contribution in [0.15, 0.2) is 17.6 Å². The molecular formula is C14H17ClN4O2S. The highest BCUT2D eigenvalue weighted by atomic mass is 35.5. The predicted molar refractivity (Wildman–Crippen MR) is 84.2 cm³/mol. The van der Waals surface area contributed by atoms with Crippen LogP contribution < -0.4 is 0 Å². The number of carbonyl (C=O) groups is 1. The van der Waals surface area contributed by atoms with E-state index in [0.717, 1.165) is 37.5 Å². The van der Waals surface area contributed by atoms with Crippen LogP contribution in [-0.4, -0.2) is 46.1 Å². The molecule has 0 aromatic carbocycles. The molecule has 1 saturated heterocycles. The number of hydrogen-bond donors (Lipinski definition) is 0. The van der Waals surface area contributed by atoms with Gasteiger partial charge in [0.2, 0.25) is 0 Å². The highest BCUT2D eigenvalue weighted by Gasteiger charge is 2.24. The van der Waals surface area contributed by atoms with Crippen LogP contribution in [0.2, 0.25) is 5.02 Å². The summed E-state index contributed by atoms with van der Waals surface area (Å²) in [4.78, 5) is 15.1. The van der Waals surface area contributed by atoms with E-state index in [2.05, 4.69) is 19.9 Å². The van der Waals surface area contributed by atoms with E-state index in [1.165, 1.54) is 12.0 Å². The number of rotatable bonds is 4. The summed E-state index contributed by atoms with van der Waals surface area (Å²) in [5.74, 6) is -0.452. The zero-order valence-corrected chi connectivity index (χ0v) is 13.8. The minimum absolute atomic E-state index is 0.232. The Morgan fingerprint density at radius 3 is 3.18 bits per heavy atom. The van der Waals surface area contributed by atoms with Crippen molar-refractivity contribution in [1.82, 2.24) is 19.9 Å². The van der Waals surface area contributed by atoms with Crippen LogP contribution in [0.3, 0.4) is 0 Å². The number of piperidine rings is 1. The minimum atomic E-state index is -0.452. The van der Waals surface area contributed by atoms with Crippen molar-refractivity contribution >= 4 is 28.9 Å². The highest BCUT2D eigenvalue weighted by molar-refractivity contribution is 7.10. The third-order valence-electron chi connectivity index (χ3n) is 3.76. The van der Waals surface area contributed by atoms with Gasteiger partial charge in [-0.3, -0.25) is 4.90 Å². The summed E-state index contributed by atoms with van der Waals surface area (Å²) in [6.07, 6.45) is 3.80. The molecule has 1 aliphatic rings. The van der Waals surface area contributed by atoms with Crippen LogP contribution in [0, 0.1) is 0 Å². The number of hydrogen-bond acceptors (Lipinski definition) is 6.